The largest absolute Gasteiger partial charge is 0.312 e. The number of benzene rings is 1. The van der Waals surface area contributed by atoms with Crippen molar-refractivity contribution in [1.82, 2.24) is 14.3 Å². The average molecular weight is 477 g/mol. The second kappa shape index (κ2) is 9.36. The first-order valence-corrected chi connectivity index (χ1v) is 13.5. The van der Waals surface area contributed by atoms with Gasteiger partial charge in [0, 0.05) is 43.0 Å². The van der Waals surface area contributed by atoms with Gasteiger partial charge in [-0.1, -0.05) is 18.2 Å². The van der Waals surface area contributed by atoms with Crippen molar-refractivity contribution in [1.29, 1.82) is 0 Å². The summed E-state index contributed by atoms with van der Waals surface area (Å²) >= 11 is 1.37. The second-order valence-corrected chi connectivity index (χ2v) is 10.9. The number of H-pyrrole nitrogens is 1. The van der Waals surface area contributed by atoms with Gasteiger partial charge in [0.05, 0.1) is 4.90 Å². The summed E-state index contributed by atoms with van der Waals surface area (Å²) in [5.74, 6) is -0.0804. The van der Waals surface area contributed by atoms with E-state index in [0.29, 0.717) is 53.8 Å². The molecule has 0 spiro atoms. The Morgan fingerprint density at radius 2 is 1.94 bits per heavy atom. The van der Waals surface area contributed by atoms with E-state index in [1.807, 2.05) is 6.26 Å². The van der Waals surface area contributed by atoms with Crippen molar-refractivity contribution < 1.29 is 13.2 Å². The first kappa shape index (κ1) is 23.0. The first-order valence-electron chi connectivity index (χ1n) is 10.9. The number of amides is 1. The summed E-state index contributed by atoms with van der Waals surface area (Å²) in [6.07, 6.45) is 5.82. The lowest BCUT2D eigenvalue weighted by Gasteiger charge is -2.26. The van der Waals surface area contributed by atoms with Crippen molar-refractivity contribution in [3.8, 4) is 0 Å². The minimum Gasteiger partial charge on any atom is -0.312 e. The topological polar surface area (TPSA) is 103 Å². The maximum absolute atomic E-state index is 13.0. The van der Waals surface area contributed by atoms with Crippen molar-refractivity contribution in [3.05, 3.63) is 45.4 Å². The van der Waals surface area contributed by atoms with E-state index >= 15 is 0 Å². The van der Waals surface area contributed by atoms with Crippen LogP contribution in [0.1, 0.15) is 42.5 Å². The highest BCUT2D eigenvalue weighted by atomic mass is 32.2. The number of aryl methyl sites for hydroxylation is 1. The van der Waals surface area contributed by atoms with E-state index in [1.54, 1.807) is 34.3 Å². The van der Waals surface area contributed by atoms with Crippen molar-refractivity contribution in [3.63, 3.8) is 0 Å². The summed E-state index contributed by atoms with van der Waals surface area (Å²) in [6, 6.07) is 5.06. The number of nitrogens with zero attached hydrogens (tertiary/aromatic N) is 3. The lowest BCUT2D eigenvalue weighted by atomic mass is 10.1. The number of piperidine rings is 1. The number of fused-ring (bicyclic) bond motifs is 1. The van der Waals surface area contributed by atoms with Crippen LogP contribution in [-0.4, -0.2) is 54.5 Å². The molecule has 0 radical (unpaired) electrons. The van der Waals surface area contributed by atoms with E-state index in [0.717, 1.165) is 30.5 Å². The summed E-state index contributed by atoms with van der Waals surface area (Å²) in [5, 5.41) is 0.561. The number of aromatic nitrogens is 2. The van der Waals surface area contributed by atoms with E-state index in [-0.39, 0.29) is 17.9 Å². The summed E-state index contributed by atoms with van der Waals surface area (Å²) in [5.41, 5.74) is 2.59. The molecule has 0 bridgehead atoms. The molecule has 2 aliphatic heterocycles. The SMILES string of the molecule is CSc1nc(C)c(CCC(=O)N2CCc3cc(S(=O)(=O)N4CCCCC4)ccc32)c(=O)[nH]1. The van der Waals surface area contributed by atoms with E-state index < -0.39 is 10.0 Å². The standard InChI is InChI=1S/C22H28N4O4S2/c1-15-18(21(28)24-22(23-15)31-2)7-9-20(27)26-13-10-16-14-17(6-8-19(16)26)32(29,30)25-11-4-3-5-12-25/h6,8,14H,3-5,7,9-13H2,1-2H3,(H,23,24,28). The van der Waals surface area contributed by atoms with Crippen LogP contribution in [0.25, 0.3) is 0 Å². The molecule has 1 fully saturated rings. The second-order valence-electron chi connectivity index (χ2n) is 8.19. The zero-order chi connectivity index (χ0) is 22.9. The number of hydrogen-bond acceptors (Lipinski definition) is 6. The van der Waals surface area contributed by atoms with Gasteiger partial charge in [0.25, 0.3) is 5.56 Å². The summed E-state index contributed by atoms with van der Waals surface area (Å²) in [4.78, 5) is 34.3. The smallest absolute Gasteiger partial charge is 0.254 e. The van der Waals surface area contributed by atoms with E-state index in [1.165, 1.54) is 11.8 Å². The molecule has 1 N–H and O–H groups in total. The number of carbonyl (C=O) groups excluding carboxylic acids is 1. The maximum Gasteiger partial charge on any atom is 0.254 e. The Hall–Kier alpha value is -2.17. The van der Waals surface area contributed by atoms with Crippen LogP contribution in [0.15, 0.2) is 33.0 Å². The number of hydrogen-bond donors (Lipinski definition) is 1. The van der Waals surface area contributed by atoms with Crippen LogP contribution in [0.2, 0.25) is 0 Å². The van der Waals surface area contributed by atoms with E-state index in [2.05, 4.69) is 9.97 Å². The highest BCUT2D eigenvalue weighted by Crippen LogP contribution is 2.32. The predicted octanol–water partition coefficient (Wildman–Crippen LogP) is 2.50. The van der Waals surface area contributed by atoms with Crippen LogP contribution in [0.4, 0.5) is 5.69 Å². The zero-order valence-electron chi connectivity index (χ0n) is 18.4. The van der Waals surface area contributed by atoms with Crippen molar-refractivity contribution in [2.75, 3.05) is 30.8 Å². The van der Waals surface area contributed by atoms with Gasteiger partial charge in [0.15, 0.2) is 5.16 Å². The van der Waals surface area contributed by atoms with Gasteiger partial charge in [-0.05, 0) is 62.6 Å². The molecule has 1 saturated heterocycles. The molecule has 172 valence electrons. The highest BCUT2D eigenvalue weighted by molar-refractivity contribution is 7.98. The van der Waals surface area contributed by atoms with E-state index in [4.69, 9.17) is 0 Å². The highest BCUT2D eigenvalue weighted by Gasteiger charge is 2.30. The molecule has 0 atom stereocenters. The Kier molecular flexibility index (Phi) is 6.73. The van der Waals surface area contributed by atoms with Crippen molar-refractivity contribution in [2.45, 2.75) is 55.5 Å². The lowest BCUT2D eigenvalue weighted by Crippen LogP contribution is -2.35. The first-order chi connectivity index (χ1) is 15.3. The number of sulfonamides is 1. The molecule has 0 saturated carbocycles. The lowest BCUT2D eigenvalue weighted by molar-refractivity contribution is -0.118. The van der Waals surface area contributed by atoms with Gasteiger partial charge in [-0.15, -0.1) is 0 Å². The van der Waals surface area contributed by atoms with Gasteiger partial charge in [-0.3, -0.25) is 9.59 Å². The monoisotopic (exact) mass is 476 g/mol. The minimum atomic E-state index is -3.50. The fourth-order valence-corrected chi connectivity index (χ4v) is 6.39. The van der Waals surface area contributed by atoms with Crippen LogP contribution in [0, 0.1) is 6.92 Å². The fraction of sp³-hybridized carbons (Fsp3) is 0.500. The normalized spacial score (nSPS) is 16.9. The Morgan fingerprint density at radius 1 is 1.19 bits per heavy atom. The molecule has 8 nitrogen and oxygen atoms in total. The zero-order valence-corrected chi connectivity index (χ0v) is 20.0. The summed E-state index contributed by atoms with van der Waals surface area (Å²) in [7, 11) is -3.50. The van der Waals surface area contributed by atoms with Gasteiger partial charge in [-0.2, -0.15) is 4.31 Å². The average Bonchev–Trinajstić information content (AvgIpc) is 3.22. The molecule has 3 heterocycles. The quantitative estimate of drug-likeness (QED) is 0.508. The minimum absolute atomic E-state index is 0.0804. The van der Waals surface area contributed by atoms with Gasteiger partial charge in [0.1, 0.15) is 0 Å². The molecule has 0 unspecified atom stereocenters. The van der Waals surface area contributed by atoms with Gasteiger partial charge in [-0.25, -0.2) is 13.4 Å². The maximum atomic E-state index is 13.0. The number of anilines is 1. The van der Waals surface area contributed by atoms with Crippen LogP contribution in [0.3, 0.4) is 0 Å². The summed E-state index contributed by atoms with van der Waals surface area (Å²) in [6.45, 7) is 3.43. The number of thioether (sulfide) groups is 1. The molecule has 1 aromatic heterocycles. The third-order valence-corrected chi connectivity index (χ3v) is 8.66. The number of aromatic amines is 1. The molecule has 0 aliphatic carbocycles. The van der Waals surface area contributed by atoms with Crippen molar-refractivity contribution in [2.24, 2.45) is 0 Å². The molecule has 4 rings (SSSR count). The van der Waals surface area contributed by atoms with Gasteiger partial charge >= 0.3 is 0 Å². The Bertz CT molecular complexity index is 1190. The Labute approximate surface area is 192 Å². The Morgan fingerprint density at radius 3 is 2.62 bits per heavy atom. The fourth-order valence-electron chi connectivity index (χ4n) is 4.39. The third-order valence-electron chi connectivity index (χ3n) is 6.18. The van der Waals surface area contributed by atoms with Crippen molar-refractivity contribution >= 4 is 33.4 Å². The molecule has 10 heteroatoms. The number of rotatable bonds is 6. The molecule has 32 heavy (non-hydrogen) atoms. The summed E-state index contributed by atoms with van der Waals surface area (Å²) < 4.78 is 27.5. The molecule has 1 aromatic carbocycles. The molecule has 2 aliphatic rings. The Balaban J connectivity index is 1.48. The third kappa shape index (κ3) is 4.49. The van der Waals surface area contributed by atoms with Gasteiger partial charge < -0.3 is 9.88 Å². The van der Waals surface area contributed by atoms with Gasteiger partial charge in [0.2, 0.25) is 15.9 Å². The van der Waals surface area contributed by atoms with Crippen LogP contribution in [0.5, 0.6) is 0 Å². The molecule has 2 aromatic rings. The molecular weight excluding hydrogens is 448 g/mol. The van der Waals surface area contributed by atoms with E-state index in [9.17, 15) is 18.0 Å². The molecular formula is C22H28N4O4S2. The van der Waals surface area contributed by atoms with Crippen LogP contribution in [-0.2, 0) is 27.7 Å². The molecule has 1 amide bonds. The van der Waals surface area contributed by atoms with Crippen LogP contribution >= 0.6 is 11.8 Å². The number of nitrogens with one attached hydrogen (secondary N) is 1. The number of carbonyl (C=O) groups is 1. The van der Waals surface area contributed by atoms with Crippen LogP contribution < -0.4 is 10.5 Å². The predicted molar refractivity (Wildman–Crippen MR) is 125 cm³/mol.